The van der Waals surface area contributed by atoms with Crippen molar-refractivity contribution in [1.82, 2.24) is 0 Å². The van der Waals surface area contributed by atoms with Gasteiger partial charge in [-0.15, -0.1) is 0 Å². The summed E-state index contributed by atoms with van der Waals surface area (Å²) in [5, 5.41) is 8.70. The minimum atomic E-state index is -1.19. The number of rotatable bonds is 1. The maximum Gasteiger partial charge on any atom is 0.506 e. The summed E-state index contributed by atoms with van der Waals surface area (Å²) in [5.74, 6) is 0. The second kappa shape index (κ2) is 3.81. The Bertz CT molecular complexity index is 409. The van der Waals surface area contributed by atoms with Gasteiger partial charge in [-0.05, 0) is 29.4 Å². The van der Waals surface area contributed by atoms with Crippen molar-refractivity contribution in [2.45, 2.75) is 38.2 Å². The lowest BCUT2D eigenvalue weighted by Gasteiger charge is -2.36. The van der Waals surface area contributed by atoms with Crippen molar-refractivity contribution in [2.75, 3.05) is 0 Å². The third-order valence-corrected chi connectivity index (χ3v) is 3.31. The van der Waals surface area contributed by atoms with E-state index in [9.17, 15) is 4.79 Å². The highest BCUT2D eigenvalue weighted by atomic mass is 16.7. The van der Waals surface area contributed by atoms with Crippen LogP contribution in [0.4, 0.5) is 4.79 Å². The fraction of sp³-hybridized carbons (Fsp3) is 0.462. The van der Waals surface area contributed by atoms with E-state index in [-0.39, 0.29) is 11.5 Å². The predicted octanol–water partition coefficient (Wildman–Crippen LogP) is 3.49. The van der Waals surface area contributed by atoms with Gasteiger partial charge in [-0.25, -0.2) is 4.79 Å². The lowest BCUT2D eigenvalue weighted by molar-refractivity contribution is 0.0390. The first-order valence-corrected chi connectivity index (χ1v) is 5.50. The monoisotopic (exact) mass is 220 g/mol. The molecule has 86 valence electrons. The molecule has 0 aliphatic heterocycles. The Kier molecular flexibility index (Phi) is 2.62. The van der Waals surface area contributed by atoms with E-state index in [1.807, 2.05) is 18.2 Å². The predicted molar refractivity (Wildman–Crippen MR) is 60.6 cm³/mol. The van der Waals surface area contributed by atoms with Crippen LogP contribution in [0.2, 0.25) is 0 Å². The zero-order chi connectivity index (χ0) is 11.8. The smallest absolute Gasteiger partial charge is 0.450 e. The third kappa shape index (κ3) is 1.90. The molecule has 1 aliphatic rings. The van der Waals surface area contributed by atoms with Gasteiger partial charge in [0.1, 0.15) is 6.10 Å². The van der Waals surface area contributed by atoms with Crippen LogP contribution in [0.1, 0.15) is 43.9 Å². The highest BCUT2D eigenvalue weighted by molar-refractivity contribution is 5.57. The van der Waals surface area contributed by atoms with Gasteiger partial charge in [0, 0.05) is 0 Å². The molecule has 0 saturated carbocycles. The topological polar surface area (TPSA) is 46.5 Å². The van der Waals surface area contributed by atoms with Crippen molar-refractivity contribution in [2.24, 2.45) is 0 Å². The molecule has 2 rings (SSSR count). The maximum absolute atomic E-state index is 10.6. The van der Waals surface area contributed by atoms with Crippen LogP contribution in [0.25, 0.3) is 0 Å². The maximum atomic E-state index is 10.6. The van der Waals surface area contributed by atoms with E-state index in [1.165, 1.54) is 5.56 Å². The highest BCUT2D eigenvalue weighted by Gasteiger charge is 2.33. The summed E-state index contributed by atoms with van der Waals surface area (Å²) in [6.45, 7) is 4.37. The quantitative estimate of drug-likeness (QED) is 0.737. The summed E-state index contributed by atoms with van der Waals surface area (Å²) in [5.41, 5.74) is 2.32. The van der Waals surface area contributed by atoms with Crippen LogP contribution < -0.4 is 0 Å². The Labute approximate surface area is 95.0 Å². The average molecular weight is 220 g/mol. The Balaban J connectivity index is 2.39. The molecule has 3 heteroatoms. The molecule has 0 bridgehead atoms. The van der Waals surface area contributed by atoms with Crippen LogP contribution in [0.15, 0.2) is 24.3 Å². The van der Waals surface area contributed by atoms with E-state index in [0.717, 1.165) is 18.4 Å². The molecular weight excluding hydrogens is 204 g/mol. The molecule has 1 N–H and O–H groups in total. The molecule has 0 spiro atoms. The van der Waals surface area contributed by atoms with Crippen molar-refractivity contribution < 1.29 is 14.6 Å². The zero-order valence-corrected chi connectivity index (χ0v) is 9.56. The first-order valence-electron chi connectivity index (χ1n) is 5.50. The van der Waals surface area contributed by atoms with Crippen molar-refractivity contribution in [3.05, 3.63) is 35.4 Å². The number of benzene rings is 1. The largest absolute Gasteiger partial charge is 0.506 e. The number of hydrogen-bond donors (Lipinski definition) is 1. The van der Waals surface area contributed by atoms with E-state index in [1.54, 1.807) is 0 Å². The second-order valence-corrected chi connectivity index (χ2v) is 4.88. The number of ether oxygens (including phenoxy) is 1. The minimum absolute atomic E-state index is 0.106. The van der Waals surface area contributed by atoms with Gasteiger partial charge in [0.2, 0.25) is 0 Å². The van der Waals surface area contributed by atoms with Gasteiger partial charge >= 0.3 is 6.16 Å². The Morgan fingerprint density at radius 2 is 2.12 bits per heavy atom. The summed E-state index contributed by atoms with van der Waals surface area (Å²) >= 11 is 0. The fourth-order valence-electron chi connectivity index (χ4n) is 2.42. The molecule has 1 aromatic carbocycles. The van der Waals surface area contributed by atoms with Crippen molar-refractivity contribution >= 4 is 6.16 Å². The van der Waals surface area contributed by atoms with Gasteiger partial charge in [0.05, 0.1) is 0 Å². The van der Waals surface area contributed by atoms with Crippen LogP contribution >= 0.6 is 0 Å². The Hall–Kier alpha value is -1.51. The van der Waals surface area contributed by atoms with E-state index in [4.69, 9.17) is 9.84 Å². The van der Waals surface area contributed by atoms with Gasteiger partial charge < -0.3 is 9.84 Å². The van der Waals surface area contributed by atoms with E-state index in [0.29, 0.717) is 0 Å². The van der Waals surface area contributed by atoms with Gasteiger partial charge in [-0.2, -0.15) is 0 Å². The lowest BCUT2D eigenvalue weighted by Crippen LogP contribution is -2.27. The van der Waals surface area contributed by atoms with Crippen molar-refractivity contribution in [3.8, 4) is 0 Å². The molecule has 0 heterocycles. The molecule has 0 radical (unpaired) electrons. The molecule has 1 aromatic rings. The van der Waals surface area contributed by atoms with E-state index in [2.05, 4.69) is 19.9 Å². The summed E-state index contributed by atoms with van der Waals surface area (Å²) < 4.78 is 4.93. The van der Waals surface area contributed by atoms with Crippen LogP contribution in [-0.2, 0) is 10.2 Å². The molecule has 3 nitrogen and oxygen atoms in total. The highest BCUT2D eigenvalue weighted by Crippen LogP contribution is 2.42. The Morgan fingerprint density at radius 3 is 2.81 bits per heavy atom. The van der Waals surface area contributed by atoms with Gasteiger partial charge in [-0.3, -0.25) is 0 Å². The summed E-state index contributed by atoms with van der Waals surface area (Å²) in [6, 6.07) is 7.94. The molecule has 0 saturated heterocycles. The fourth-order valence-corrected chi connectivity index (χ4v) is 2.42. The summed E-state index contributed by atoms with van der Waals surface area (Å²) in [6.07, 6.45) is 0.208. The number of carboxylic acid groups (broad SMARTS) is 1. The van der Waals surface area contributed by atoms with Crippen LogP contribution in [0.5, 0.6) is 0 Å². The number of hydrogen-bond acceptors (Lipinski definition) is 2. The molecule has 1 unspecified atom stereocenters. The first-order chi connectivity index (χ1) is 7.50. The van der Waals surface area contributed by atoms with Crippen molar-refractivity contribution in [1.29, 1.82) is 0 Å². The van der Waals surface area contributed by atoms with Gasteiger partial charge in [0.25, 0.3) is 0 Å². The van der Waals surface area contributed by atoms with Crippen LogP contribution in [-0.4, -0.2) is 11.3 Å². The molecule has 1 aliphatic carbocycles. The molecule has 16 heavy (non-hydrogen) atoms. The van der Waals surface area contributed by atoms with E-state index < -0.39 is 6.16 Å². The number of carbonyl (C=O) groups is 1. The third-order valence-electron chi connectivity index (χ3n) is 3.31. The zero-order valence-electron chi connectivity index (χ0n) is 9.56. The molecule has 0 fully saturated rings. The standard InChI is InChI=1S/C13H16O3/c1-13(2)8-7-11(16-12(14)15)9-5-3-4-6-10(9)13/h3-6,11H,7-8H2,1-2H3,(H,14,15). The molecular formula is C13H16O3. The van der Waals surface area contributed by atoms with Crippen LogP contribution in [0.3, 0.4) is 0 Å². The molecule has 0 amide bonds. The van der Waals surface area contributed by atoms with Crippen LogP contribution in [0, 0.1) is 0 Å². The average Bonchev–Trinajstić information content (AvgIpc) is 2.23. The lowest BCUT2D eigenvalue weighted by atomic mass is 9.72. The van der Waals surface area contributed by atoms with Crippen molar-refractivity contribution in [3.63, 3.8) is 0 Å². The molecule has 1 atom stereocenters. The summed E-state index contributed by atoms with van der Waals surface area (Å²) in [7, 11) is 0. The van der Waals surface area contributed by atoms with E-state index >= 15 is 0 Å². The minimum Gasteiger partial charge on any atom is -0.450 e. The SMILES string of the molecule is CC1(C)CCC(OC(=O)O)c2ccccc21. The first kappa shape index (κ1) is 11.0. The molecule has 0 aromatic heterocycles. The normalized spacial score (nSPS) is 22.2. The Morgan fingerprint density at radius 1 is 1.44 bits per heavy atom. The second-order valence-electron chi connectivity index (χ2n) is 4.88. The summed E-state index contributed by atoms with van der Waals surface area (Å²) in [4.78, 5) is 10.6. The number of fused-ring (bicyclic) bond motifs is 1. The van der Waals surface area contributed by atoms with Gasteiger partial charge in [0.15, 0.2) is 0 Å². The van der Waals surface area contributed by atoms with Gasteiger partial charge in [-0.1, -0.05) is 38.1 Å².